The van der Waals surface area contributed by atoms with Crippen molar-refractivity contribution in [1.29, 1.82) is 0 Å². The summed E-state index contributed by atoms with van der Waals surface area (Å²) in [7, 11) is 0. The molecule has 0 unspecified atom stereocenters. The monoisotopic (exact) mass is 272 g/mol. The van der Waals surface area contributed by atoms with Crippen molar-refractivity contribution in [1.82, 2.24) is 5.32 Å². The molecule has 20 heavy (non-hydrogen) atoms. The summed E-state index contributed by atoms with van der Waals surface area (Å²) in [5, 5.41) is 5.71. The highest BCUT2D eigenvalue weighted by Gasteiger charge is 2.05. The summed E-state index contributed by atoms with van der Waals surface area (Å²) in [5.74, 6) is 0.575. The van der Waals surface area contributed by atoms with Crippen LogP contribution in [0.1, 0.15) is 23.0 Å². The van der Waals surface area contributed by atoms with Crippen molar-refractivity contribution in [2.24, 2.45) is 0 Å². The molecular weight excluding hydrogens is 256 g/mol. The molecule has 0 saturated carbocycles. The minimum atomic E-state index is -0.169. The van der Waals surface area contributed by atoms with Crippen LogP contribution in [0.4, 0.5) is 5.69 Å². The molecule has 0 spiro atoms. The van der Waals surface area contributed by atoms with Gasteiger partial charge in [0.1, 0.15) is 5.76 Å². The molecule has 0 atom stereocenters. The van der Waals surface area contributed by atoms with E-state index in [0.29, 0.717) is 17.8 Å². The van der Waals surface area contributed by atoms with Crippen LogP contribution >= 0.6 is 0 Å². The van der Waals surface area contributed by atoms with Crippen LogP contribution in [0, 0.1) is 0 Å². The van der Waals surface area contributed by atoms with Gasteiger partial charge >= 0.3 is 0 Å². The quantitative estimate of drug-likeness (QED) is 0.791. The van der Waals surface area contributed by atoms with Gasteiger partial charge < -0.3 is 15.1 Å². The minimum absolute atomic E-state index is 0.0305. The van der Waals surface area contributed by atoms with E-state index in [1.807, 2.05) is 6.07 Å². The number of hydrogen-bond donors (Lipinski definition) is 2. The normalized spacial score (nSPS) is 10.2. The van der Waals surface area contributed by atoms with E-state index in [9.17, 15) is 9.59 Å². The first-order valence-corrected chi connectivity index (χ1v) is 6.29. The molecule has 0 aliphatic carbocycles. The second-order valence-electron chi connectivity index (χ2n) is 4.37. The third-order valence-electron chi connectivity index (χ3n) is 2.72. The number of furan rings is 1. The number of hydrogen-bond acceptors (Lipinski definition) is 4. The smallest absolute Gasteiger partial charge is 0.238 e. The summed E-state index contributed by atoms with van der Waals surface area (Å²) in [5.41, 5.74) is 1.19. The third-order valence-corrected chi connectivity index (χ3v) is 2.72. The molecule has 5 nitrogen and oxygen atoms in total. The van der Waals surface area contributed by atoms with Crippen molar-refractivity contribution in [2.75, 3.05) is 11.9 Å². The van der Waals surface area contributed by atoms with E-state index < -0.39 is 0 Å². The molecule has 104 valence electrons. The maximum atomic E-state index is 11.7. The van der Waals surface area contributed by atoms with Crippen LogP contribution < -0.4 is 10.6 Å². The average molecular weight is 272 g/mol. The van der Waals surface area contributed by atoms with Crippen molar-refractivity contribution in [3.63, 3.8) is 0 Å². The number of anilines is 1. The Kier molecular flexibility index (Phi) is 4.68. The van der Waals surface area contributed by atoms with Crippen LogP contribution in [-0.4, -0.2) is 18.2 Å². The van der Waals surface area contributed by atoms with E-state index in [0.717, 1.165) is 5.76 Å². The summed E-state index contributed by atoms with van der Waals surface area (Å²) < 4.78 is 5.14. The van der Waals surface area contributed by atoms with Crippen LogP contribution in [-0.2, 0) is 11.3 Å². The lowest BCUT2D eigenvalue weighted by Crippen LogP contribution is -2.27. The second-order valence-corrected chi connectivity index (χ2v) is 4.37. The van der Waals surface area contributed by atoms with Gasteiger partial charge in [0, 0.05) is 11.3 Å². The Labute approximate surface area is 117 Å². The van der Waals surface area contributed by atoms with Crippen molar-refractivity contribution in [3.05, 3.63) is 54.0 Å². The maximum Gasteiger partial charge on any atom is 0.238 e. The first kappa shape index (κ1) is 14.0. The Balaban J connectivity index is 1.82. The second kappa shape index (κ2) is 6.68. The molecule has 0 aliphatic rings. The average Bonchev–Trinajstić information content (AvgIpc) is 2.92. The number of rotatable bonds is 6. The van der Waals surface area contributed by atoms with Gasteiger partial charge in [-0.2, -0.15) is 0 Å². The Morgan fingerprint density at radius 1 is 1.20 bits per heavy atom. The fourth-order valence-corrected chi connectivity index (χ4v) is 1.73. The highest BCUT2D eigenvalue weighted by atomic mass is 16.3. The SMILES string of the molecule is CC(=O)c1cccc(NC(=O)CNCc2ccco2)c1. The number of ketones is 1. The fraction of sp³-hybridized carbons (Fsp3) is 0.200. The van der Waals surface area contributed by atoms with Gasteiger partial charge in [0.25, 0.3) is 0 Å². The molecular formula is C15H16N2O3. The summed E-state index contributed by atoms with van der Waals surface area (Å²) >= 11 is 0. The Bertz CT molecular complexity index is 591. The molecule has 2 N–H and O–H groups in total. The van der Waals surface area contributed by atoms with Gasteiger partial charge in [-0.3, -0.25) is 9.59 Å². The number of carbonyl (C=O) groups excluding carboxylic acids is 2. The lowest BCUT2D eigenvalue weighted by molar-refractivity contribution is -0.115. The van der Waals surface area contributed by atoms with Crippen molar-refractivity contribution < 1.29 is 14.0 Å². The molecule has 0 saturated heterocycles. The lowest BCUT2D eigenvalue weighted by Gasteiger charge is -2.07. The van der Waals surface area contributed by atoms with E-state index in [2.05, 4.69) is 10.6 Å². The summed E-state index contributed by atoms with van der Waals surface area (Å²) in [4.78, 5) is 23.0. The zero-order valence-corrected chi connectivity index (χ0v) is 11.2. The van der Waals surface area contributed by atoms with E-state index in [-0.39, 0.29) is 18.2 Å². The summed E-state index contributed by atoms with van der Waals surface area (Å²) in [6.45, 7) is 2.16. The summed E-state index contributed by atoms with van der Waals surface area (Å²) in [6.07, 6.45) is 1.59. The predicted octanol–water partition coefficient (Wildman–Crippen LogP) is 2.21. The molecule has 1 amide bonds. The zero-order chi connectivity index (χ0) is 14.4. The first-order valence-electron chi connectivity index (χ1n) is 6.29. The predicted molar refractivity (Wildman–Crippen MR) is 75.5 cm³/mol. The standard InChI is InChI=1S/C15H16N2O3/c1-11(18)12-4-2-5-13(8-12)17-15(19)10-16-9-14-6-3-7-20-14/h2-8,16H,9-10H2,1H3,(H,17,19). The molecule has 2 aromatic rings. The molecule has 0 bridgehead atoms. The van der Waals surface area contributed by atoms with Crippen molar-refractivity contribution >= 4 is 17.4 Å². The van der Waals surface area contributed by atoms with Gasteiger partial charge in [-0.15, -0.1) is 0 Å². The zero-order valence-electron chi connectivity index (χ0n) is 11.2. The van der Waals surface area contributed by atoms with E-state index in [4.69, 9.17) is 4.42 Å². The molecule has 1 aromatic heterocycles. The largest absolute Gasteiger partial charge is 0.468 e. The van der Waals surface area contributed by atoms with Gasteiger partial charge in [0.05, 0.1) is 19.4 Å². The van der Waals surface area contributed by atoms with Gasteiger partial charge in [0.15, 0.2) is 5.78 Å². The van der Waals surface area contributed by atoms with E-state index >= 15 is 0 Å². The van der Waals surface area contributed by atoms with E-state index in [1.54, 1.807) is 36.6 Å². The highest BCUT2D eigenvalue weighted by molar-refractivity contribution is 5.97. The van der Waals surface area contributed by atoms with E-state index in [1.165, 1.54) is 6.92 Å². The van der Waals surface area contributed by atoms with Crippen LogP contribution in [0.3, 0.4) is 0 Å². The number of carbonyl (C=O) groups is 2. The Morgan fingerprint density at radius 2 is 2.05 bits per heavy atom. The third kappa shape index (κ3) is 4.07. The molecule has 0 radical (unpaired) electrons. The van der Waals surface area contributed by atoms with Crippen LogP contribution in [0.5, 0.6) is 0 Å². The highest BCUT2D eigenvalue weighted by Crippen LogP contribution is 2.10. The van der Waals surface area contributed by atoms with Crippen molar-refractivity contribution in [2.45, 2.75) is 13.5 Å². The fourth-order valence-electron chi connectivity index (χ4n) is 1.73. The topological polar surface area (TPSA) is 71.3 Å². The van der Waals surface area contributed by atoms with Gasteiger partial charge in [-0.05, 0) is 31.2 Å². The first-order chi connectivity index (χ1) is 9.65. The minimum Gasteiger partial charge on any atom is -0.468 e. The van der Waals surface area contributed by atoms with Gasteiger partial charge in [0.2, 0.25) is 5.91 Å². The number of benzene rings is 1. The molecule has 0 aliphatic heterocycles. The lowest BCUT2D eigenvalue weighted by atomic mass is 10.1. The molecule has 2 rings (SSSR count). The number of Topliss-reactive ketones (excluding diaryl/α,β-unsaturated/α-hetero) is 1. The number of amides is 1. The Morgan fingerprint density at radius 3 is 2.75 bits per heavy atom. The Hall–Kier alpha value is -2.40. The van der Waals surface area contributed by atoms with Crippen LogP contribution in [0.2, 0.25) is 0 Å². The summed E-state index contributed by atoms with van der Waals surface area (Å²) in [6, 6.07) is 10.5. The molecule has 1 heterocycles. The maximum absolute atomic E-state index is 11.7. The molecule has 0 fully saturated rings. The number of nitrogens with one attached hydrogen (secondary N) is 2. The van der Waals surface area contributed by atoms with Crippen LogP contribution in [0.15, 0.2) is 47.1 Å². The molecule has 5 heteroatoms. The van der Waals surface area contributed by atoms with Crippen LogP contribution in [0.25, 0.3) is 0 Å². The van der Waals surface area contributed by atoms with Gasteiger partial charge in [-0.25, -0.2) is 0 Å². The van der Waals surface area contributed by atoms with Gasteiger partial charge in [-0.1, -0.05) is 12.1 Å². The molecule has 1 aromatic carbocycles. The van der Waals surface area contributed by atoms with Crippen molar-refractivity contribution in [3.8, 4) is 0 Å².